The van der Waals surface area contributed by atoms with Crippen LogP contribution < -0.4 is 5.32 Å². The summed E-state index contributed by atoms with van der Waals surface area (Å²) in [6, 6.07) is 10.0. The van der Waals surface area contributed by atoms with Gasteiger partial charge in [0.1, 0.15) is 0 Å². The number of hydrogen-bond donors (Lipinski definition) is 2. The Morgan fingerprint density at radius 1 is 1.35 bits per heavy atom. The van der Waals surface area contributed by atoms with E-state index in [2.05, 4.69) is 11.4 Å². The molecule has 1 aliphatic carbocycles. The van der Waals surface area contributed by atoms with E-state index >= 15 is 0 Å². The van der Waals surface area contributed by atoms with Gasteiger partial charge in [-0.3, -0.25) is 0 Å². The fourth-order valence-electron chi connectivity index (χ4n) is 2.51. The normalized spacial score (nSPS) is 24.0. The predicted octanol–water partition coefficient (Wildman–Crippen LogP) is 2.52. The minimum atomic E-state index is 0.246. The van der Waals surface area contributed by atoms with E-state index in [0.29, 0.717) is 17.5 Å². The molecule has 3 nitrogen and oxygen atoms in total. The third-order valence-electron chi connectivity index (χ3n) is 3.49. The summed E-state index contributed by atoms with van der Waals surface area (Å²) in [6.45, 7) is 0.246. The van der Waals surface area contributed by atoms with Crippen molar-refractivity contribution < 1.29 is 5.11 Å². The predicted molar refractivity (Wildman–Crippen MR) is 67.6 cm³/mol. The van der Waals surface area contributed by atoms with Gasteiger partial charge in [-0.2, -0.15) is 5.26 Å². The first-order chi connectivity index (χ1) is 8.33. The lowest BCUT2D eigenvalue weighted by atomic mass is 9.85. The van der Waals surface area contributed by atoms with E-state index in [-0.39, 0.29) is 6.61 Å². The molecule has 2 N–H and O–H groups in total. The van der Waals surface area contributed by atoms with Crippen molar-refractivity contribution in [1.82, 2.24) is 0 Å². The van der Waals surface area contributed by atoms with Gasteiger partial charge in [-0.05, 0) is 31.0 Å². The second-order valence-corrected chi connectivity index (χ2v) is 4.67. The number of nitrogens with zero attached hydrogens (tertiary/aromatic N) is 1. The molecule has 0 aliphatic heterocycles. The maximum Gasteiger partial charge on any atom is 0.0992 e. The standard InChI is InChI=1S/C14H18N2O/c15-9-11-4-3-6-13(8-11)16-14-7-2-1-5-12(14)10-17/h3-4,6,8,12,14,16-17H,1-2,5,7,10H2. The Kier molecular flexibility index (Phi) is 4.00. The van der Waals surface area contributed by atoms with Crippen LogP contribution in [0.1, 0.15) is 31.2 Å². The molecule has 90 valence electrons. The van der Waals surface area contributed by atoms with E-state index in [4.69, 9.17) is 5.26 Å². The van der Waals surface area contributed by atoms with Crippen LogP contribution in [-0.4, -0.2) is 17.8 Å². The Morgan fingerprint density at radius 2 is 2.18 bits per heavy atom. The zero-order valence-corrected chi connectivity index (χ0v) is 9.89. The first kappa shape index (κ1) is 11.9. The van der Waals surface area contributed by atoms with Gasteiger partial charge in [-0.25, -0.2) is 0 Å². The molecular weight excluding hydrogens is 212 g/mol. The van der Waals surface area contributed by atoms with Crippen LogP contribution in [0.25, 0.3) is 0 Å². The van der Waals surface area contributed by atoms with Crippen LogP contribution in [0.2, 0.25) is 0 Å². The number of benzene rings is 1. The minimum Gasteiger partial charge on any atom is -0.396 e. The molecule has 0 radical (unpaired) electrons. The highest BCUT2D eigenvalue weighted by molar-refractivity contribution is 5.49. The summed E-state index contributed by atoms with van der Waals surface area (Å²) in [6.07, 6.45) is 4.61. The van der Waals surface area contributed by atoms with E-state index in [9.17, 15) is 5.11 Å². The molecule has 17 heavy (non-hydrogen) atoms. The molecule has 0 saturated heterocycles. The third-order valence-corrected chi connectivity index (χ3v) is 3.49. The maximum atomic E-state index is 9.35. The summed E-state index contributed by atoms with van der Waals surface area (Å²) in [7, 11) is 0. The number of nitrogens with one attached hydrogen (secondary N) is 1. The Balaban J connectivity index is 2.06. The number of rotatable bonds is 3. The second kappa shape index (κ2) is 5.70. The van der Waals surface area contributed by atoms with Crippen LogP contribution in [0.3, 0.4) is 0 Å². The molecule has 2 atom stereocenters. The minimum absolute atomic E-state index is 0.246. The van der Waals surface area contributed by atoms with E-state index in [1.54, 1.807) is 6.07 Å². The molecule has 2 rings (SSSR count). The molecule has 0 aromatic heterocycles. The second-order valence-electron chi connectivity index (χ2n) is 4.67. The zero-order valence-electron chi connectivity index (χ0n) is 9.89. The van der Waals surface area contributed by atoms with Crippen molar-refractivity contribution in [3.8, 4) is 6.07 Å². The number of anilines is 1. The van der Waals surface area contributed by atoms with Crippen molar-refractivity contribution in [2.75, 3.05) is 11.9 Å². The van der Waals surface area contributed by atoms with E-state index < -0.39 is 0 Å². The van der Waals surface area contributed by atoms with Crippen molar-refractivity contribution >= 4 is 5.69 Å². The summed E-state index contributed by atoms with van der Waals surface area (Å²) in [5.41, 5.74) is 1.65. The van der Waals surface area contributed by atoms with Gasteiger partial charge in [0.15, 0.2) is 0 Å². The molecule has 0 amide bonds. The van der Waals surface area contributed by atoms with Crippen molar-refractivity contribution in [3.63, 3.8) is 0 Å². The van der Waals surface area contributed by atoms with Crippen molar-refractivity contribution in [3.05, 3.63) is 29.8 Å². The molecule has 0 heterocycles. The van der Waals surface area contributed by atoms with Crippen molar-refractivity contribution in [1.29, 1.82) is 5.26 Å². The quantitative estimate of drug-likeness (QED) is 0.839. The van der Waals surface area contributed by atoms with Gasteiger partial charge < -0.3 is 10.4 Å². The monoisotopic (exact) mass is 230 g/mol. The highest BCUT2D eigenvalue weighted by Crippen LogP contribution is 2.27. The van der Waals surface area contributed by atoms with E-state index in [0.717, 1.165) is 18.5 Å². The highest BCUT2D eigenvalue weighted by atomic mass is 16.3. The third kappa shape index (κ3) is 2.98. The zero-order chi connectivity index (χ0) is 12.1. The molecule has 0 bridgehead atoms. The van der Waals surface area contributed by atoms with Gasteiger partial charge in [0, 0.05) is 24.3 Å². The Hall–Kier alpha value is -1.53. The van der Waals surface area contributed by atoms with Crippen LogP contribution in [0.4, 0.5) is 5.69 Å². The molecule has 1 fully saturated rings. The Morgan fingerprint density at radius 3 is 2.94 bits per heavy atom. The van der Waals surface area contributed by atoms with E-state index in [1.807, 2.05) is 18.2 Å². The average Bonchev–Trinajstić information content (AvgIpc) is 2.39. The van der Waals surface area contributed by atoms with Crippen LogP contribution in [0.15, 0.2) is 24.3 Å². The maximum absolute atomic E-state index is 9.35. The molecule has 1 aliphatic rings. The molecule has 0 spiro atoms. The van der Waals surface area contributed by atoms with Crippen LogP contribution >= 0.6 is 0 Å². The summed E-state index contributed by atoms with van der Waals surface area (Å²) >= 11 is 0. The number of nitriles is 1. The highest BCUT2D eigenvalue weighted by Gasteiger charge is 2.24. The first-order valence-corrected chi connectivity index (χ1v) is 6.21. The van der Waals surface area contributed by atoms with Gasteiger partial charge in [0.2, 0.25) is 0 Å². The molecule has 1 aromatic carbocycles. The van der Waals surface area contributed by atoms with Crippen LogP contribution in [0, 0.1) is 17.2 Å². The summed E-state index contributed by atoms with van der Waals surface area (Å²) < 4.78 is 0. The summed E-state index contributed by atoms with van der Waals surface area (Å²) in [5, 5.41) is 21.6. The lowest BCUT2D eigenvalue weighted by Gasteiger charge is -2.31. The van der Waals surface area contributed by atoms with Crippen LogP contribution in [0.5, 0.6) is 0 Å². The fourth-order valence-corrected chi connectivity index (χ4v) is 2.51. The Bertz CT molecular complexity index is 411. The largest absolute Gasteiger partial charge is 0.396 e. The van der Waals surface area contributed by atoms with Crippen molar-refractivity contribution in [2.24, 2.45) is 5.92 Å². The molecule has 2 unspecified atom stereocenters. The van der Waals surface area contributed by atoms with Gasteiger partial charge in [-0.15, -0.1) is 0 Å². The average molecular weight is 230 g/mol. The fraction of sp³-hybridized carbons (Fsp3) is 0.500. The number of aliphatic hydroxyl groups excluding tert-OH is 1. The topological polar surface area (TPSA) is 56.0 Å². The Labute approximate surface area is 102 Å². The molecule has 3 heteroatoms. The van der Waals surface area contributed by atoms with Gasteiger partial charge in [-0.1, -0.05) is 18.9 Å². The molecular formula is C14H18N2O. The smallest absolute Gasteiger partial charge is 0.0992 e. The van der Waals surface area contributed by atoms with Crippen LogP contribution in [-0.2, 0) is 0 Å². The molecule has 1 aromatic rings. The van der Waals surface area contributed by atoms with Crippen molar-refractivity contribution in [2.45, 2.75) is 31.7 Å². The summed E-state index contributed by atoms with van der Waals surface area (Å²) in [5.74, 6) is 0.342. The van der Waals surface area contributed by atoms with E-state index in [1.165, 1.54) is 12.8 Å². The first-order valence-electron chi connectivity index (χ1n) is 6.21. The van der Waals surface area contributed by atoms with Gasteiger partial charge in [0.05, 0.1) is 11.6 Å². The lowest BCUT2D eigenvalue weighted by Crippen LogP contribution is -2.34. The molecule has 1 saturated carbocycles. The summed E-state index contributed by atoms with van der Waals surface area (Å²) in [4.78, 5) is 0. The lowest BCUT2D eigenvalue weighted by molar-refractivity contribution is 0.178. The van der Waals surface area contributed by atoms with Gasteiger partial charge in [0.25, 0.3) is 0 Å². The van der Waals surface area contributed by atoms with Gasteiger partial charge >= 0.3 is 0 Å². The number of aliphatic hydroxyl groups is 1. The SMILES string of the molecule is N#Cc1cccc(NC2CCCCC2CO)c1. The number of hydrogen-bond acceptors (Lipinski definition) is 3.